The molecule has 2 nitrogen and oxygen atoms in total. The van der Waals surface area contributed by atoms with E-state index < -0.39 is 0 Å². The average Bonchev–Trinajstić information content (AvgIpc) is 2.85. The number of aliphatic hydroxyl groups excluding tert-OH is 1. The van der Waals surface area contributed by atoms with Crippen molar-refractivity contribution >= 4 is 27.3 Å². The fourth-order valence-electron chi connectivity index (χ4n) is 2.16. The van der Waals surface area contributed by atoms with Crippen LogP contribution >= 0.6 is 27.3 Å². The summed E-state index contributed by atoms with van der Waals surface area (Å²) in [6.45, 7) is 1.12. The zero-order valence-corrected chi connectivity index (χ0v) is 11.0. The molecular weight excluding hydrogens is 274 g/mol. The van der Waals surface area contributed by atoms with Crippen LogP contribution in [0.3, 0.4) is 0 Å². The summed E-state index contributed by atoms with van der Waals surface area (Å²) in [5.74, 6) is 0. The normalized spacial score (nSPS) is 19.6. The van der Waals surface area contributed by atoms with Crippen molar-refractivity contribution in [3.05, 3.63) is 20.8 Å². The first-order chi connectivity index (χ1) is 7.26. The molecule has 1 aliphatic rings. The summed E-state index contributed by atoms with van der Waals surface area (Å²) in [4.78, 5) is 1.31. The summed E-state index contributed by atoms with van der Waals surface area (Å²) in [5.41, 5.74) is -0.0105. The van der Waals surface area contributed by atoms with Crippen molar-refractivity contribution in [2.75, 3.05) is 6.61 Å². The van der Waals surface area contributed by atoms with Crippen molar-refractivity contribution in [1.29, 1.82) is 0 Å². The SMILES string of the molecule is OCC1(NCc2sccc2Br)CCCC1. The number of thiophene rings is 1. The molecule has 1 fully saturated rings. The highest BCUT2D eigenvalue weighted by molar-refractivity contribution is 9.10. The zero-order chi connectivity index (χ0) is 10.7. The van der Waals surface area contributed by atoms with Gasteiger partial charge in [0.15, 0.2) is 0 Å². The zero-order valence-electron chi connectivity index (χ0n) is 8.63. The van der Waals surface area contributed by atoms with Crippen molar-refractivity contribution in [3.63, 3.8) is 0 Å². The third-order valence-electron chi connectivity index (χ3n) is 3.18. The molecule has 2 N–H and O–H groups in total. The standard InChI is InChI=1S/C11H16BrNOS/c12-9-3-6-15-10(9)7-13-11(8-14)4-1-2-5-11/h3,6,13-14H,1-2,4-5,7-8H2. The minimum absolute atomic E-state index is 0.0105. The maximum Gasteiger partial charge on any atom is 0.0613 e. The van der Waals surface area contributed by atoms with E-state index in [1.807, 2.05) is 0 Å². The van der Waals surface area contributed by atoms with Crippen molar-refractivity contribution in [3.8, 4) is 0 Å². The molecule has 0 unspecified atom stereocenters. The molecule has 1 saturated carbocycles. The van der Waals surface area contributed by atoms with Crippen LogP contribution in [0.1, 0.15) is 30.6 Å². The Labute approximate surface area is 103 Å². The molecule has 84 valence electrons. The molecule has 0 aliphatic heterocycles. The number of hydrogen-bond acceptors (Lipinski definition) is 3. The Bertz CT molecular complexity index is 320. The number of aliphatic hydroxyl groups is 1. The molecule has 0 saturated heterocycles. The Balaban J connectivity index is 1.94. The van der Waals surface area contributed by atoms with Crippen LogP contribution < -0.4 is 5.32 Å². The highest BCUT2D eigenvalue weighted by Gasteiger charge is 2.32. The van der Waals surface area contributed by atoms with Crippen LogP contribution in [0.25, 0.3) is 0 Å². The van der Waals surface area contributed by atoms with Gasteiger partial charge in [0.1, 0.15) is 0 Å². The van der Waals surface area contributed by atoms with Gasteiger partial charge in [0.05, 0.1) is 6.61 Å². The Hall–Kier alpha value is 0.100. The summed E-state index contributed by atoms with van der Waals surface area (Å²) < 4.78 is 1.17. The molecule has 0 bridgehead atoms. The summed E-state index contributed by atoms with van der Waals surface area (Å²) in [5, 5.41) is 15.0. The molecule has 0 spiro atoms. The molecule has 0 amide bonds. The third-order valence-corrected chi connectivity index (χ3v) is 5.10. The van der Waals surface area contributed by atoms with Gasteiger partial charge in [0.2, 0.25) is 0 Å². The number of nitrogens with one attached hydrogen (secondary N) is 1. The van der Waals surface area contributed by atoms with Crippen LogP contribution in [-0.4, -0.2) is 17.3 Å². The van der Waals surface area contributed by atoms with Crippen molar-refractivity contribution in [1.82, 2.24) is 5.32 Å². The van der Waals surface area contributed by atoms with Gasteiger partial charge in [-0.3, -0.25) is 0 Å². The van der Waals surface area contributed by atoms with E-state index in [4.69, 9.17) is 0 Å². The predicted octanol–water partition coefficient (Wildman–Crippen LogP) is 2.91. The lowest BCUT2D eigenvalue weighted by Gasteiger charge is -2.27. The maximum atomic E-state index is 9.44. The van der Waals surface area contributed by atoms with E-state index in [1.165, 1.54) is 22.2 Å². The Morgan fingerprint density at radius 1 is 1.47 bits per heavy atom. The van der Waals surface area contributed by atoms with Gasteiger partial charge >= 0.3 is 0 Å². The van der Waals surface area contributed by atoms with Crippen LogP contribution in [-0.2, 0) is 6.54 Å². The lowest BCUT2D eigenvalue weighted by molar-refractivity contribution is 0.163. The van der Waals surface area contributed by atoms with Gasteiger partial charge in [0.25, 0.3) is 0 Å². The summed E-state index contributed by atoms with van der Waals surface area (Å²) >= 11 is 5.27. The first kappa shape index (κ1) is 11.6. The highest BCUT2D eigenvalue weighted by atomic mass is 79.9. The summed E-state index contributed by atoms with van der Waals surface area (Å²) in [6, 6.07) is 2.07. The number of hydrogen-bond donors (Lipinski definition) is 2. The first-order valence-corrected chi connectivity index (χ1v) is 7.01. The van der Waals surface area contributed by atoms with Crippen LogP contribution in [0.2, 0.25) is 0 Å². The predicted molar refractivity (Wildman–Crippen MR) is 67.1 cm³/mol. The fourth-order valence-corrected chi connectivity index (χ4v) is 3.59. The van der Waals surface area contributed by atoms with E-state index in [9.17, 15) is 5.11 Å². The van der Waals surface area contributed by atoms with Crippen LogP contribution in [0.15, 0.2) is 15.9 Å². The van der Waals surface area contributed by atoms with Crippen molar-refractivity contribution in [2.45, 2.75) is 37.8 Å². The van der Waals surface area contributed by atoms with Gasteiger partial charge in [0, 0.05) is 21.4 Å². The van der Waals surface area contributed by atoms with E-state index in [1.54, 1.807) is 11.3 Å². The van der Waals surface area contributed by atoms with Gasteiger partial charge in [-0.15, -0.1) is 11.3 Å². The minimum Gasteiger partial charge on any atom is -0.394 e. The molecule has 1 aromatic heterocycles. The topological polar surface area (TPSA) is 32.3 Å². The fraction of sp³-hybridized carbons (Fsp3) is 0.636. The molecule has 1 aliphatic carbocycles. The molecule has 15 heavy (non-hydrogen) atoms. The highest BCUT2D eigenvalue weighted by Crippen LogP contribution is 2.30. The largest absolute Gasteiger partial charge is 0.394 e. The van der Waals surface area contributed by atoms with E-state index in [-0.39, 0.29) is 12.1 Å². The van der Waals surface area contributed by atoms with E-state index >= 15 is 0 Å². The molecule has 0 atom stereocenters. The minimum atomic E-state index is -0.0105. The van der Waals surface area contributed by atoms with Crippen LogP contribution in [0.4, 0.5) is 0 Å². The monoisotopic (exact) mass is 289 g/mol. The maximum absolute atomic E-state index is 9.44. The molecule has 1 aromatic rings. The number of halogens is 1. The molecular formula is C11H16BrNOS. The molecule has 1 heterocycles. The lowest BCUT2D eigenvalue weighted by Crippen LogP contribution is -2.45. The Kier molecular flexibility index (Phi) is 3.83. The molecule has 4 heteroatoms. The van der Waals surface area contributed by atoms with Crippen LogP contribution in [0.5, 0.6) is 0 Å². The van der Waals surface area contributed by atoms with Gasteiger partial charge in [-0.1, -0.05) is 12.8 Å². The Morgan fingerprint density at radius 2 is 2.20 bits per heavy atom. The van der Waals surface area contributed by atoms with Gasteiger partial charge < -0.3 is 10.4 Å². The average molecular weight is 290 g/mol. The quantitative estimate of drug-likeness (QED) is 0.893. The van der Waals surface area contributed by atoms with E-state index in [0.717, 1.165) is 19.4 Å². The summed E-state index contributed by atoms with van der Waals surface area (Å²) in [6.07, 6.45) is 4.68. The number of rotatable bonds is 4. The van der Waals surface area contributed by atoms with E-state index in [2.05, 4.69) is 32.7 Å². The lowest BCUT2D eigenvalue weighted by atomic mass is 9.99. The smallest absolute Gasteiger partial charge is 0.0613 e. The molecule has 0 radical (unpaired) electrons. The van der Waals surface area contributed by atoms with Gasteiger partial charge in [-0.25, -0.2) is 0 Å². The van der Waals surface area contributed by atoms with Gasteiger partial charge in [-0.05, 0) is 40.2 Å². The second-order valence-corrected chi connectivity index (χ2v) is 6.05. The second-order valence-electron chi connectivity index (χ2n) is 4.19. The van der Waals surface area contributed by atoms with Gasteiger partial charge in [-0.2, -0.15) is 0 Å². The third kappa shape index (κ3) is 2.61. The molecule has 0 aromatic carbocycles. The second kappa shape index (κ2) is 4.95. The van der Waals surface area contributed by atoms with E-state index in [0.29, 0.717) is 0 Å². The van der Waals surface area contributed by atoms with Crippen molar-refractivity contribution in [2.24, 2.45) is 0 Å². The molecule has 2 rings (SSSR count). The Morgan fingerprint density at radius 3 is 2.73 bits per heavy atom. The summed E-state index contributed by atoms with van der Waals surface area (Å²) in [7, 11) is 0. The van der Waals surface area contributed by atoms with Crippen molar-refractivity contribution < 1.29 is 5.11 Å². The van der Waals surface area contributed by atoms with Crippen LogP contribution in [0, 0.1) is 0 Å². The first-order valence-electron chi connectivity index (χ1n) is 5.33.